The van der Waals surface area contributed by atoms with E-state index in [1.807, 2.05) is 16.3 Å². The van der Waals surface area contributed by atoms with Crippen molar-refractivity contribution in [3.05, 3.63) is 22.4 Å². The highest BCUT2D eigenvalue weighted by atomic mass is 32.1. The Morgan fingerprint density at radius 2 is 2.55 bits per heavy atom. The molecule has 2 heterocycles. The standard InChI is InChI=1S/C15H20N2O2S/c1-2-7-16-10-15(18)17(11-13-5-3-8-19-13)12-14-6-4-9-20-14/h1,4,6,9,13,16H,3,5,7-8,10-12H2. The molecule has 20 heavy (non-hydrogen) atoms. The summed E-state index contributed by atoms with van der Waals surface area (Å²) in [6.45, 7) is 2.81. The monoisotopic (exact) mass is 292 g/mol. The summed E-state index contributed by atoms with van der Waals surface area (Å²) in [5, 5.41) is 4.98. The molecule has 0 aliphatic carbocycles. The Morgan fingerprint density at radius 1 is 1.65 bits per heavy atom. The highest BCUT2D eigenvalue weighted by Crippen LogP contribution is 2.17. The Bertz CT molecular complexity index is 447. The summed E-state index contributed by atoms with van der Waals surface area (Å²) in [5.41, 5.74) is 0. The molecular weight excluding hydrogens is 272 g/mol. The van der Waals surface area contributed by atoms with Gasteiger partial charge in [-0.25, -0.2) is 0 Å². The van der Waals surface area contributed by atoms with Crippen LogP contribution in [0, 0.1) is 12.3 Å². The van der Waals surface area contributed by atoms with E-state index >= 15 is 0 Å². The minimum absolute atomic E-state index is 0.0733. The molecule has 1 saturated heterocycles. The van der Waals surface area contributed by atoms with Crippen LogP contribution in [0.25, 0.3) is 0 Å². The number of amides is 1. The average Bonchev–Trinajstić information content (AvgIpc) is 3.11. The molecule has 1 aliphatic rings. The molecule has 0 bridgehead atoms. The molecule has 5 heteroatoms. The lowest BCUT2D eigenvalue weighted by molar-refractivity contribution is -0.132. The van der Waals surface area contributed by atoms with Crippen molar-refractivity contribution in [1.82, 2.24) is 10.2 Å². The van der Waals surface area contributed by atoms with Gasteiger partial charge >= 0.3 is 0 Å². The van der Waals surface area contributed by atoms with Crippen LogP contribution in [-0.4, -0.2) is 43.2 Å². The van der Waals surface area contributed by atoms with Crippen molar-refractivity contribution in [3.63, 3.8) is 0 Å². The third-order valence-corrected chi connectivity index (χ3v) is 4.09. The lowest BCUT2D eigenvalue weighted by Gasteiger charge is -2.25. The Labute approximate surface area is 124 Å². The molecule has 1 N–H and O–H groups in total. The zero-order valence-electron chi connectivity index (χ0n) is 11.5. The van der Waals surface area contributed by atoms with Gasteiger partial charge in [0.1, 0.15) is 0 Å². The van der Waals surface area contributed by atoms with Gasteiger partial charge in [0.15, 0.2) is 0 Å². The fourth-order valence-electron chi connectivity index (χ4n) is 2.23. The predicted octanol–water partition coefficient (Wildman–Crippen LogP) is 1.48. The Kier molecular flexibility index (Phi) is 6.06. The molecule has 108 valence electrons. The lowest BCUT2D eigenvalue weighted by Crippen LogP contribution is -2.41. The number of ether oxygens (including phenoxy) is 1. The van der Waals surface area contributed by atoms with Crippen LogP contribution in [0.4, 0.5) is 0 Å². The molecule has 0 aromatic carbocycles. The van der Waals surface area contributed by atoms with Crippen LogP contribution in [0.3, 0.4) is 0 Å². The number of carbonyl (C=O) groups is 1. The Morgan fingerprint density at radius 3 is 3.20 bits per heavy atom. The third-order valence-electron chi connectivity index (χ3n) is 3.23. The van der Waals surface area contributed by atoms with Crippen molar-refractivity contribution in [1.29, 1.82) is 0 Å². The second-order valence-electron chi connectivity index (χ2n) is 4.80. The minimum Gasteiger partial charge on any atom is -0.376 e. The smallest absolute Gasteiger partial charge is 0.236 e. The summed E-state index contributed by atoms with van der Waals surface area (Å²) in [7, 11) is 0. The first kappa shape index (κ1) is 15.0. The Hall–Kier alpha value is -1.35. The third kappa shape index (κ3) is 4.64. The molecule has 1 fully saturated rings. The van der Waals surface area contributed by atoms with E-state index in [4.69, 9.17) is 11.2 Å². The first-order valence-corrected chi connectivity index (χ1v) is 7.73. The number of nitrogens with zero attached hydrogens (tertiary/aromatic N) is 1. The van der Waals surface area contributed by atoms with Gasteiger partial charge in [-0.3, -0.25) is 10.1 Å². The van der Waals surface area contributed by atoms with Crippen LogP contribution in [0.5, 0.6) is 0 Å². The highest BCUT2D eigenvalue weighted by Gasteiger charge is 2.22. The van der Waals surface area contributed by atoms with E-state index in [1.165, 1.54) is 4.88 Å². The largest absolute Gasteiger partial charge is 0.376 e. The van der Waals surface area contributed by atoms with Crippen LogP contribution in [0.2, 0.25) is 0 Å². The number of terminal acetylenes is 1. The second-order valence-corrected chi connectivity index (χ2v) is 5.83. The average molecular weight is 292 g/mol. The van der Waals surface area contributed by atoms with E-state index in [9.17, 15) is 4.79 Å². The fraction of sp³-hybridized carbons (Fsp3) is 0.533. The van der Waals surface area contributed by atoms with Crippen LogP contribution in [-0.2, 0) is 16.1 Å². The molecule has 1 aliphatic heterocycles. The van der Waals surface area contributed by atoms with Crippen molar-refractivity contribution in [2.45, 2.75) is 25.5 Å². The predicted molar refractivity (Wildman–Crippen MR) is 80.4 cm³/mol. The number of hydrogen-bond acceptors (Lipinski definition) is 4. The summed E-state index contributed by atoms with van der Waals surface area (Å²) in [6.07, 6.45) is 7.47. The number of hydrogen-bond donors (Lipinski definition) is 1. The van der Waals surface area contributed by atoms with Gasteiger partial charge in [-0.15, -0.1) is 17.8 Å². The van der Waals surface area contributed by atoms with Gasteiger partial charge in [-0.05, 0) is 24.3 Å². The maximum absolute atomic E-state index is 12.3. The molecule has 1 atom stereocenters. The highest BCUT2D eigenvalue weighted by molar-refractivity contribution is 7.09. The second kappa shape index (κ2) is 8.05. The molecule has 0 spiro atoms. The number of thiophene rings is 1. The van der Waals surface area contributed by atoms with Crippen LogP contribution < -0.4 is 5.32 Å². The van der Waals surface area contributed by atoms with E-state index in [2.05, 4.69) is 17.3 Å². The van der Waals surface area contributed by atoms with E-state index in [-0.39, 0.29) is 18.6 Å². The molecule has 1 amide bonds. The molecule has 1 unspecified atom stereocenters. The number of nitrogens with one attached hydrogen (secondary N) is 1. The summed E-state index contributed by atoms with van der Waals surface area (Å²) < 4.78 is 5.64. The van der Waals surface area contributed by atoms with E-state index in [1.54, 1.807) is 11.3 Å². The van der Waals surface area contributed by atoms with Gasteiger partial charge in [-0.1, -0.05) is 12.0 Å². The normalized spacial score (nSPS) is 17.9. The first-order valence-electron chi connectivity index (χ1n) is 6.85. The molecule has 1 aromatic rings. The van der Waals surface area contributed by atoms with Gasteiger partial charge in [0.2, 0.25) is 5.91 Å². The summed E-state index contributed by atoms with van der Waals surface area (Å²) in [5.74, 6) is 2.55. The van der Waals surface area contributed by atoms with E-state index < -0.39 is 0 Å². The first-order chi connectivity index (χ1) is 9.79. The molecule has 0 radical (unpaired) electrons. The van der Waals surface area contributed by atoms with Crippen LogP contribution >= 0.6 is 11.3 Å². The maximum Gasteiger partial charge on any atom is 0.236 e. The van der Waals surface area contributed by atoms with E-state index in [0.29, 0.717) is 19.6 Å². The van der Waals surface area contributed by atoms with Crippen molar-refractivity contribution in [2.75, 3.05) is 26.2 Å². The van der Waals surface area contributed by atoms with Crippen molar-refractivity contribution >= 4 is 17.2 Å². The van der Waals surface area contributed by atoms with Gasteiger partial charge in [0.05, 0.1) is 25.7 Å². The zero-order chi connectivity index (χ0) is 14.2. The van der Waals surface area contributed by atoms with Crippen LogP contribution in [0.1, 0.15) is 17.7 Å². The molecule has 0 saturated carbocycles. The molecule has 4 nitrogen and oxygen atoms in total. The van der Waals surface area contributed by atoms with Gasteiger partial charge in [0.25, 0.3) is 0 Å². The van der Waals surface area contributed by atoms with E-state index in [0.717, 1.165) is 19.4 Å². The van der Waals surface area contributed by atoms with Gasteiger partial charge < -0.3 is 9.64 Å². The van der Waals surface area contributed by atoms with Crippen LogP contribution in [0.15, 0.2) is 17.5 Å². The van der Waals surface area contributed by atoms with Crippen molar-refractivity contribution < 1.29 is 9.53 Å². The maximum atomic E-state index is 12.3. The zero-order valence-corrected chi connectivity index (χ0v) is 12.3. The lowest BCUT2D eigenvalue weighted by atomic mass is 10.2. The molecule has 1 aromatic heterocycles. The fourth-order valence-corrected chi connectivity index (χ4v) is 2.95. The number of rotatable bonds is 7. The molecule has 2 rings (SSSR count). The van der Waals surface area contributed by atoms with Gasteiger partial charge in [-0.2, -0.15) is 0 Å². The quantitative estimate of drug-likeness (QED) is 0.611. The van der Waals surface area contributed by atoms with Crippen molar-refractivity contribution in [2.24, 2.45) is 0 Å². The summed E-state index contributed by atoms with van der Waals surface area (Å²) >= 11 is 1.67. The Balaban J connectivity index is 1.91. The minimum atomic E-state index is 0.0733. The van der Waals surface area contributed by atoms with Crippen molar-refractivity contribution in [3.8, 4) is 12.3 Å². The summed E-state index contributed by atoms with van der Waals surface area (Å²) in [4.78, 5) is 15.3. The SMILES string of the molecule is C#CCNCC(=O)N(Cc1cccs1)CC1CCCO1. The number of carbonyl (C=O) groups excluding carboxylic acids is 1. The summed E-state index contributed by atoms with van der Waals surface area (Å²) in [6, 6.07) is 4.06. The van der Waals surface area contributed by atoms with Gasteiger partial charge in [0, 0.05) is 18.0 Å². The topological polar surface area (TPSA) is 41.6 Å². The molecular formula is C15H20N2O2S.